The maximum absolute atomic E-state index is 12.1. The Labute approximate surface area is 158 Å². The van der Waals surface area contributed by atoms with Gasteiger partial charge >= 0.3 is 6.18 Å². The van der Waals surface area contributed by atoms with E-state index < -0.39 is 18.8 Å². The van der Waals surface area contributed by atoms with Crippen LogP contribution in [0.15, 0.2) is 41.8 Å². The van der Waals surface area contributed by atoms with Gasteiger partial charge in [-0.1, -0.05) is 30.3 Å². The summed E-state index contributed by atoms with van der Waals surface area (Å²) in [4.78, 5) is 24.5. The van der Waals surface area contributed by atoms with E-state index in [0.29, 0.717) is 10.4 Å². The molecule has 0 aliphatic rings. The van der Waals surface area contributed by atoms with E-state index in [1.807, 2.05) is 0 Å². The average molecular weight is 400 g/mol. The summed E-state index contributed by atoms with van der Waals surface area (Å²) in [7, 11) is 0. The molecular weight excluding hydrogens is 381 g/mol. The van der Waals surface area contributed by atoms with Crippen molar-refractivity contribution in [2.75, 3.05) is 6.61 Å². The summed E-state index contributed by atoms with van der Waals surface area (Å²) in [5.74, 6) is -0.645. The van der Waals surface area contributed by atoms with E-state index in [9.17, 15) is 22.8 Å². The number of hydrogen-bond acceptors (Lipinski definition) is 4. The Morgan fingerprint density at radius 1 is 1.15 bits per heavy atom. The van der Waals surface area contributed by atoms with E-state index in [-0.39, 0.29) is 25.0 Å². The number of halogens is 3. The second-order valence-corrected chi connectivity index (χ2v) is 6.76. The first-order chi connectivity index (χ1) is 12.7. The maximum atomic E-state index is 12.1. The number of thiophene rings is 1. The molecule has 1 unspecified atom stereocenters. The summed E-state index contributed by atoms with van der Waals surface area (Å²) in [6, 6.07) is 9.39. The van der Waals surface area contributed by atoms with Gasteiger partial charge in [0.25, 0.3) is 5.91 Å². The largest absolute Gasteiger partial charge is 0.411 e. The molecule has 1 heterocycles. The third kappa shape index (κ3) is 7.40. The van der Waals surface area contributed by atoms with Gasteiger partial charge in [0.15, 0.2) is 0 Å². The standard InChI is InChI=1S/C18H19F3N2O3S/c1-12(23-17(25)15-3-2-8-27-15)16(24)22-9-13-4-6-14(7-5-13)10-26-11-18(19,20)21/h2-8,12H,9-11H2,1H3,(H,22,24)(H,23,25). The first kappa shape index (κ1) is 20.9. The van der Waals surface area contributed by atoms with Gasteiger partial charge in [0.05, 0.1) is 11.5 Å². The molecule has 0 bridgehead atoms. The number of carbonyl (C=O) groups excluding carboxylic acids is 2. The minimum Gasteiger partial charge on any atom is -0.367 e. The van der Waals surface area contributed by atoms with Crippen molar-refractivity contribution >= 4 is 23.2 Å². The minimum absolute atomic E-state index is 0.141. The molecule has 1 atom stereocenters. The molecule has 5 nitrogen and oxygen atoms in total. The molecule has 146 valence electrons. The molecule has 2 aromatic rings. The summed E-state index contributed by atoms with van der Waals surface area (Å²) in [6.07, 6.45) is -4.35. The summed E-state index contributed by atoms with van der Waals surface area (Å²) in [5.41, 5.74) is 1.38. The minimum atomic E-state index is -4.35. The van der Waals surface area contributed by atoms with Crippen molar-refractivity contribution in [3.63, 3.8) is 0 Å². The Morgan fingerprint density at radius 3 is 2.41 bits per heavy atom. The van der Waals surface area contributed by atoms with Gasteiger partial charge in [-0.15, -0.1) is 11.3 Å². The van der Waals surface area contributed by atoms with Gasteiger partial charge in [-0.25, -0.2) is 0 Å². The van der Waals surface area contributed by atoms with E-state index in [1.165, 1.54) is 11.3 Å². The zero-order valence-corrected chi connectivity index (χ0v) is 15.3. The molecule has 0 spiro atoms. The number of rotatable bonds is 8. The third-order valence-electron chi connectivity index (χ3n) is 3.51. The van der Waals surface area contributed by atoms with Crippen LogP contribution in [0.2, 0.25) is 0 Å². The molecule has 9 heteroatoms. The zero-order chi connectivity index (χ0) is 19.9. The molecule has 2 rings (SSSR count). The van der Waals surface area contributed by atoms with Crippen LogP contribution in [0, 0.1) is 0 Å². The Bertz CT molecular complexity index is 746. The van der Waals surface area contributed by atoms with Crippen LogP contribution in [0.4, 0.5) is 13.2 Å². The number of amides is 2. The number of alkyl halides is 3. The first-order valence-electron chi connectivity index (χ1n) is 8.09. The lowest BCUT2D eigenvalue weighted by atomic mass is 10.1. The summed E-state index contributed by atoms with van der Waals surface area (Å²) >= 11 is 1.29. The van der Waals surface area contributed by atoms with Gasteiger partial charge in [-0.3, -0.25) is 9.59 Å². The van der Waals surface area contributed by atoms with Gasteiger partial charge in [0.2, 0.25) is 5.91 Å². The van der Waals surface area contributed by atoms with Crippen molar-refractivity contribution in [2.45, 2.75) is 32.3 Å². The number of carbonyl (C=O) groups is 2. The lowest BCUT2D eigenvalue weighted by Gasteiger charge is -2.14. The third-order valence-corrected chi connectivity index (χ3v) is 4.38. The maximum Gasteiger partial charge on any atom is 0.411 e. The number of ether oxygens (including phenoxy) is 1. The highest BCUT2D eigenvalue weighted by Gasteiger charge is 2.27. The normalized spacial score (nSPS) is 12.4. The average Bonchev–Trinajstić information content (AvgIpc) is 3.14. The van der Waals surface area contributed by atoms with Gasteiger partial charge < -0.3 is 15.4 Å². The Hall–Kier alpha value is -2.39. The van der Waals surface area contributed by atoms with Crippen LogP contribution in [0.25, 0.3) is 0 Å². The molecule has 27 heavy (non-hydrogen) atoms. The molecule has 0 aliphatic heterocycles. The summed E-state index contributed by atoms with van der Waals surface area (Å²) in [5, 5.41) is 7.09. The van der Waals surface area contributed by atoms with Crippen LogP contribution >= 0.6 is 11.3 Å². The SMILES string of the molecule is CC(NC(=O)c1cccs1)C(=O)NCc1ccc(COCC(F)(F)F)cc1. The fourth-order valence-corrected chi connectivity index (χ4v) is 2.75. The van der Waals surface area contributed by atoms with Crippen molar-refractivity contribution in [3.8, 4) is 0 Å². The highest BCUT2D eigenvalue weighted by Crippen LogP contribution is 2.16. The lowest BCUT2D eigenvalue weighted by Crippen LogP contribution is -2.44. The van der Waals surface area contributed by atoms with E-state index >= 15 is 0 Å². The summed E-state index contributed by atoms with van der Waals surface area (Å²) in [6.45, 7) is 0.390. The van der Waals surface area contributed by atoms with Crippen molar-refractivity contribution in [1.82, 2.24) is 10.6 Å². The van der Waals surface area contributed by atoms with Crippen molar-refractivity contribution < 1.29 is 27.5 Å². The second-order valence-electron chi connectivity index (χ2n) is 5.81. The predicted octanol–water partition coefficient (Wildman–Crippen LogP) is 3.26. The van der Waals surface area contributed by atoms with Crippen LogP contribution in [0.1, 0.15) is 27.7 Å². The van der Waals surface area contributed by atoms with Gasteiger partial charge in [0.1, 0.15) is 12.6 Å². The number of nitrogens with one attached hydrogen (secondary N) is 2. The van der Waals surface area contributed by atoms with E-state index in [2.05, 4.69) is 15.4 Å². The molecule has 0 fully saturated rings. The number of hydrogen-bond donors (Lipinski definition) is 2. The van der Waals surface area contributed by atoms with Crippen LogP contribution in [0.3, 0.4) is 0 Å². The molecular formula is C18H19F3N2O3S. The molecule has 0 aliphatic carbocycles. The van der Waals surface area contributed by atoms with Crippen LogP contribution in [-0.2, 0) is 22.7 Å². The Kier molecular flexibility index (Phi) is 7.37. The first-order valence-corrected chi connectivity index (χ1v) is 8.97. The fourth-order valence-electron chi connectivity index (χ4n) is 2.12. The van der Waals surface area contributed by atoms with Crippen molar-refractivity contribution in [2.24, 2.45) is 0 Å². The predicted molar refractivity (Wildman–Crippen MR) is 95.2 cm³/mol. The fraction of sp³-hybridized carbons (Fsp3) is 0.333. The second kappa shape index (κ2) is 9.52. The molecule has 1 aromatic carbocycles. The van der Waals surface area contributed by atoms with Gasteiger partial charge in [-0.05, 0) is 29.5 Å². The smallest absolute Gasteiger partial charge is 0.367 e. The molecule has 0 saturated heterocycles. The Morgan fingerprint density at radius 2 is 1.81 bits per heavy atom. The molecule has 2 amide bonds. The van der Waals surface area contributed by atoms with Gasteiger partial charge in [-0.2, -0.15) is 13.2 Å². The van der Waals surface area contributed by atoms with E-state index in [4.69, 9.17) is 0 Å². The highest BCUT2D eigenvalue weighted by molar-refractivity contribution is 7.12. The van der Waals surface area contributed by atoms with Crippen LogP contribution in [-0.4, -0.2) is 30.6 Å². The van der Waals surface area contributed by atoms with E-state index in [1.54, 1.807) is 48.7 Å². The van der Waals surface area contributed by atoms with Crippen LogP contribution in [0.5, 0.6) is 0 Å². The zero-order valence-electron chi connectivity index (χ0n) is 14.5. The topological polar surface area (TPSA) is 67.4 Å². The molecule has 2 N–H and O–H groups in total. The summed E-state index contributed by atoms with van der Waals surface area (Å²) < 4.78 is 40.7. The lowest BCUT2D eigenvalue weighted by molar-refractivity contribution is -0.176. The monoisotopic (exact) mass is 400 g/mol. The van der Waals surface area contributed by atoms with Gasteiger partial charge in [0, 0.05) is 6.54 Å². The number of benzene rings is 1. The quantitative estimate of drug-likeness (QED) is 0.715. The highest BCUT2D eigenvalue weighted by atomic mass is 32.1. The van der Waals surface area contributed by atoms with E-state index in [0.717, 1.165) is 5.56 Å². The van der Waals surface area contributed by atoms with Crippen molar-refractivity contribution in [1.29, 1.82) is 0 Å². The van der Waals surface area contributed by atoms with Crippen molar-refractivity contribution in [3.05, 3.63) is 57.8 Å². The molecule has 0 radical (unpaired) electrons. The van der Waals surface area contributed by atoms with Crippen LogP contribution < -0.4 is 10.6 Å². The molecule has 0 saturated carbocycles. The Balaban J connectivity index is 1.75. The molecule has 1 aromatic heterocycles.